The van der Waals surface area contributed by atoms with E-state index in [0.717, 1.165) is 25.3 Å². The molecule has 0 bridgehead atoms. The average molecular weight is 211 g/mol. The molecule has 0 amide bonds. The number of hydrogen-bond donors (Lipinski definition) is 2. The number of carboxylic acids is 1. The first kappa shape index (κ1) is 10.9. The van der Waals surface area contributed by atoms with Crippen molar-refractivity contribution in [2.24, 2.45) is 11.8 Å². The van der Waals surface area contributed by atoms with E-state index >= 15 is 0 Å². The molecule has 0 radical (unpaired) electrons. The fourth-order valence-electron chi connectivity index (χ4n) is 3.07. The summed E-state index contributed by atoms with van der Waals surface area (Å²) in [5.74, 6) is 0.0383. The minimum Gasteiger partial charge on any atom is -0.481 e. The second-order valence-electron chi connectivity index (χ2n) is 5.02. The molecule has 2 aliphatic rings. The summed E-state index contributed by atoms with van der Waals surface area (Å²) in [4.78, 5) is 11.0. The van der Waals surface area contributed by atoms with E-state index in [1.54, 1.807) is 0 Å². The van der Waals surface area contributed by atoms with Crippen LogP contribution < -0.4 is 5.32 Å². The zero-order chi connectivity index (χ0) is 10.7. The van der Waals surface area contributed by atoms with E-state index in [2.05, 4.69) is 5.32 Å². The number of nitrogens with one attached hydrogen (secondary N) is 1. The Morgan fingerprint density at radius 1 is 1.13 bits per heavy atom. The lowest BCUT2D eigenvalue weighted by atomic mass is 9.78. The van der Waals surface area contributed by atoms with Gasteiger partial charge in [0.05, 0.1) is 5.92 Å². The highest BCUT2D eigenvalue weighted by Crippen LogP contribution is 2.31. The summed E-state index contributed by atoms with van der Waals surface area (Å²) in [6, 6.07) is 0.472. The molecule has 2 N–H and O–H groups in total. The van der Waals surface area contributed by atoms with Crippen LogP contribution in [0.4, 0.5) is 0 Å². The first-order chi connectivity index (χ1) is 7.27. The first-order valence-corrected chi connectivity index (χ1v) is 6.23. The van der Waals surface area contributed by atoms with Crippen LogP contribution in [-0.2, 0) is 4.79 Å². The molecule has 86 valence electrons. The topological polar surface area (TPSA) is 49.3 Å². The van der Waals surface area contributed by atoms with Gasteiger partial charge < -0.3 is 10.4 Å². The largest absolute Gasteiger partial charge is 0.481 e. The molecule has 0 aromatic carbocycles. The minimum absolute atomic E-state index is 0.0989. The van der Waals surface area contributed by atoms with Crippen molar-refractivity contribution in [3.63, 3.8) is 0 Å². The van der Waals surface area contributed by atoms with Crippen molar-refractivity contribution >= 4 is 5.97 Å². The van der Waals surface area contributed by atoms with Gasteiger partial charge in [0, 0.05) is 6.04 Å². The molecule has 0 spiro atoms. The predicted octanol–water partition coefficient (Wildman–Crippen LogP) is 2.02. The Morgan fingerprint density at radius 3 is 2.53 bits per heavy atom. The van der Waals surface area contributed by atoms with Crippen molar-refractivity contribution in [1.82, 2.24) is 5.32 Å². The maximum Gasteiger partial charge on any atom is 0.306 e. The van der Waals surface area contributed by atoms with Crippen LogP contribution in [0, 0.1) is 11.8 Å². The van der Waals surface area contributed by atoms with Crippen molar-refractivity contribution in [3.05, 3.63) is 0 Å². The van der Waals surface area contributed by atoms with Gasteiger partial charge in [-0.3, -0.25) is 4.79 Å². The summed E-state index contributed by atoms with van der Waals surface area (Å²) in [7, 11) is 0. The van der Waals surface area contributed by atoms with E-state index < -0.39 is 5.97 Å². The Hall–Kier alpha value is -0.570. The summed E-state index contributed by atoms with van der Waals surface area (Å²) in [6.45, 7) is 0.887. The number of carbonyl (C=O) groups is 1. The molecule has 2 atom stereocenters. The zero-order valence-electron chi connectivity index (χ0n) is 9.24. The molecular formula is C12H21NO2. The monoisotopic (exact) mass is 211 g/mol. The molecule has 2 fully saturated rings. The minimum atomic E-state index is -0.600. The van der Waals surface area contributed by atoms with Gasteiger partial charge in [-0.2, -0.15) is 0 Å². The quantitative estimate of drug-likeness (QED) is 0.734. The SMILES string of the molecule is O=C(O)C1CCNC(C2CCCCC2)C1. The van der Waals surface area contributed by atoms with Crippen molar-refractivity contribution in [2.75, 3.05) is 6.54 Å². The maximum absolute atomic E-state index is 11.0. The molecule has 1 saturated carbocycles. The highest BCUT2D eigenvalue weighted by molar-refractivity contribution is 5.70. The zero-order valence-corrected chi connectivity index (χ0v) is 9.24. The van der Waals surface area contributed by atoms with Crippen LogP contribution in [0.2, 0.25) is 0 Å². The molecule has 1 aliphatic carbocycles. The standard InChI is InChI=1S/C12H21NO2/c14-12(15)10-6-7-13-11(8-10)9-4-2-1-3-5-9/h9-11,13H,1-8H2,(H,14,15). The van der Waals surface area contributed by atoms with Gasteiger partial charge in [-0.25, -0.2) is 0 Å². The van der Waals surface area contributed by atoms with E-state index in [0.29, 0.717) is 6.04 Å². The lowest BCUT2D eigenvalue weighted by Gasteiger charge is -2.36. The van der Waals surface area contributed by atoms with E-state index in [1.165, 1.54) is 32.1 Å². The van der Waals surface area contributed by atoms with E-state index in [1.807, 2.05) is 0 Å². The normalized spacial score (nSPS) is 33.9. The molecular weight excluding hydrogens is 190 g/mol. The van der Waals surface area contributed by atoms with Gasteiger partial charge in [0.1, 0.15) is 0 Å². The third-order valence-electron chi connectivity index (χ3n) is 4.01. The second kappa shape index (κ2) is 4.97. The Bertz CT molecular complexity index is 224. The van der Waals surface area contributed by atoms with Crippen LogP contribution in [0.15, 0.2) is 0 Å². The maximum atomic E-state index is 11.0. The molecule has 0 aromatic heterocycles. The van der Waals surface area contributed by atoms with Crippen molar-refractivity contribution in [2.45, 2.75) is 51.0 Å². The summed E-state index contributed by atoms with van der Waals surface area (Å²) >= 11 is 0. The van der Waals surface area contributed by atoms with Crippen LogP contribution in [0.3, 0.4) is 0 Å². The fourth-order valence-corrected chi connectivity index (χ4v) is 3.07. The summed E-state index contributed by atoms with van der Waals surface area (Å²) in [5.41, 5.74) is 0. The third-order valence-corrected chi connectivity index (χ3v) is 4.01. The van der Waals surface area contributed by atoms with E-state index in [-0.39, 0.29) is 5.92 Å². The van der Waals surface area contributed by atoms with E-state index in [9.17, 15) is 4.79 Å². The molecule has 1 saturated heterocycles. The van der Waals surface area contributed by atoms with Gasteiger partial charge in [-0.1, -0.05) is 19.3 Å². The van der Waals surface area contributed by atoms with Gasteiger partial charge in [0.2, 0.25) is 0 Å². The predicted molar refractivity (Wildman–Crippen MR) is 58.7 cm³/mol. The van der Waals surface area contributed by atoms with Gasteiger partial charge in [-0.05, 0) is 38.1 Å². The molecule has 3 nitrogen and oxygen atoms in total. The Kier molecular flexibility index (Phi) is 3.62. The Morgan fingerprint density at radius 2 is 1.87 bits per heavy atom. The van der Waals surface area contributed by atoms with Gasteiger partial charge in [0.15, 0.2) is 0 Å². The molecule has 0 aromatic rings. The van der Waals surface area contributed by atoms with Gasteiger partial charge in [0.25, 0.3) is 0 Å². The molecule has 2 unspecified atom stereocenters. The molecule has 3 heteroatoms. The molecule has 15 heavy (non-hydrogen) atoms. The van der Waals surface area contributed by atoms with Crippen LogP contribution in [-0.4, -0.2) is 23.7 Å². The Labute approximate surface area is 91.2 Å². The second-order valence-corrected chi connectivity index (χ2v) is 5.02. The van der Waals surface area contributed by atoms with Crippen LogP contribution >= 0.6 is 0 Å². The fraction of sp³-hybridized carbons (Fsp3) is 0.917. The van der Waals surface area contributed by atoms with Crippen LogP contribution in [0.25, 0.3) is 0 Å². The summed E-state index contributed by atoms with van der Waals surface area (Å²) < 4.78 is 0. The summed E-state index contributed by atoms with van der Waals surface area (Å²) in [6.07, 6.45) is 8.28. The average Bonchev–Trinajstić information content (AvgIpc) is 2.30. The first-order valence-electron chi connectivity index (χ1n) is 6.23. The van der Waals surface area contributed by atoms with Gasteiger partial charge in [-0.15, -0.1) is 0 Å². The smallest absolute Gasteiger partial charge is 0.306 e. The molecule has 2 rings (SSSR count). The van der Waals surface area contributed by atoms with Crippen molar-refractivity contribution < 1.29 is 9.90 Å². The number of rotatable bonds is 2. The van der Waals surface area contributed by atoms with Crippen molar-refractivity contribution in [1.29, 1.82) is 0 Å². The summed E-state index contributed by atoms with van der Waals surface area (Å²) in [5, 5.41) is 12.5. The molecule has 1 aliphatic heterocycles. The third kappa shape index (κ3) is 2.71. The highest BCUT2D eigenvalue weighted by Gasteiger charge is 2.31. The van der Waals surface area contributed by atoms with E-state index in [4.69, 9.17) is 5.11 Å². The lowest BCUT2D eigenvalue weighted by molar-refractivity contribution is -0.143. The lowest BCUT2D eigenvalue weighted by Crippen LogP contribution is -2.45. The van der Waals surface area contributed by atoms with Crippen LogP contribution in [0.5, 0.6) is 0 Å². The number of carboxylic acid groups (broad SMARTS) is 1. The van der Waals surface area contributed by atoms with Crippen LogP contribution in [0.1, 0.15) is 44.9 Å². The number of aliphatic carboxylic acids is 1. The Balaban J connectivity index is 1.88. The molecule has 1 heterocycles. The highest BCUT2D eigenvalue weighted by atomic mass is 16.4. The number of hydrogen-bond acceptors (Lipinski definition) is 2. The number of piperidine rings is 1. The van der Waals surface area contributed by atoms with Crippen molar-refractivity contribution in [3.8, 4) is 0 Å². The van der Waals surface area contributed by atoms with Gasteiger partial charge >= 0.3 is 5.97 Å².